The molecule has 4 aliphatic rings. The first-order valence-electron chi connectivity index (χ1n) is 21.1. The predicted molar refractivity (Wildman–Crippen MR) is 248 cm³/mol. The fraction of sp³-hybridized carbons (Fsp3) is 0.145. The lowest BCUT2D eigenvalue weighted by atomic mass is 9.84. The molecule has 0 fully saturated rings. The van der Waals surface area contributed by atoms with Gasteiger partial charge in [0.05, 0.1) is 28.3 Å². The summed E-state index contributed by atoms with van der Waals surface area (Å²) in [4.78, 5) is 7.43. The van der Waals surface area contributed by atoms with Gasteiger partial charge in [-0.05, 0) is 96.6 Å². The van der Waals surface area contributed by atoms with Crippen LogP contribution in [0.3, 0.4) is 0 Å². The van der Waals surface area contributed by atoms with Crippen LogP contribution in [0.2, 0.25) is 0 Å². The SMILES string of the molecule is CC1CC=CN=C1c1ccc2c(c1)c1ccccc1n2C1(C)C=CC=C(c2cc(N3c4ccccc4C4C=CC=CC43)cc(-n3c4ccccc4c4ccccc43)c2)C1. The maximum Gasteiger partial charge on any atom is 0.0649 e. The molecule has 0 saturated heterocycles. The highest BCUT2D eigenvalue weighted by Gasteiger charge is 2.38. The van der Waals surface area contributed by atoms with E-state index in [1.807, 2.05) is 6.20 Å². The van der Waals surface area contributed by atoms with Gasteiger partial charge in [-0.3, -0.25) is 4.99 Å². The summed E-state index contributed by atoms with van der Waals surface area (Å²) in [6.07, 6.45) is 22.2. The van der Waals surface area contributed by atoms with Crippen LogP contribution in [0.15, 0.2) is 193 Å². The Balaban J connectivity index is 1.04. The van der Waals surface area contributed by atoms with E-state index in [1.54, 1.807) is 0 Å². The molecule has 2 aliphatic heterocycles. The topological polar surface area (TPSA) is 25.5 Å². The zero-order chi connectivity index (χ0) is 39.2. The monoisotopic (exact) mass is 760 g/mol. The number of benzene rings is 6. The predicted octanol–water partition coefficient (Wildman–Crippen LogP) is 13.7. The molecule has 12 rings (SSSR count). The highest BCUT2D eigenvalue weighted by molar-refractivity contribution is 6.13. The van der Waals surface area contributed by atoms with Crippen molar-refractivity contribution in [2.75, 3.05) is 4.90 Å². The highest BCUT2D eigenvalue weighted by Crippen LogP contribution is 2.50. The van der Waals surface area contributed by atoms with Crippen molar-refractivity contribution >= 4 is 66.3 Å². The Kier molecular flexibility index (Phi) is 7.56. The average Bonchev–Trinajstić information content (AvgIpc) is 3.92. The minimum Gasteiger partial charge on any atom is -0.333 e. The van der Waals surface area contributed by atoms with E-state index in [9.17, 15) is 0 Å². The fourth-order valence-electron chi connectivity index (χ4n) is 10.7. The van der Waals surface area contributed by atoms with Crippen LogP contribution >= 0.6 is 0 Å². The van der Waals surface area contributed by atoms with Crippen molar-refractivity contribution < 1.29 is 0 Å². The molecular formula is C55H44N4. The Bertz CT molecular complexity index is 3180. The number of hydrogen-bond acceptors (Lipinski definition) is 2. The number of aliphatic imine (C=N–C) groups is 1. The number of aromatic nitrogens is 2. The van der Waals surface area contributed by atoms with Crippen molar-refractivity contribution in [3.05, 3.63) is 205 Å². The first kappa shape index (κ1) is 34.2. The zero-order valence-corrected chi connectivity index (χ0v) is 33.3. The van der Waals surface area contributed by atoms with Gasteiger partial charge in [-0.15, -0.1) is 0 Å². The third-order valence-corrected chi connectivity index (χ3v) is 13.4. The molecule has 0 spiro atoms. The second-order valence-corrected chi connectivity index (χ2v) is 17.0. The molecule has 0 amide bonds. The van der Waals surface area contributed by atoms with Gasteiger partial charge < -0.3 is 14.0 Å². The third kappa shape index (κ3) is 5.19. The Morgan fingerprint density at radius 2 is 1.31 bits per heavy atom. The van der Waals surface area contributed by atoms with E-state index in [4.69, 9.17) is 4.99 Å². The van der Waals surface area contributed by atoms with E-state index in [0.29, 0.717) is 11.8 Å². The van der Waals surface area contributed by atoms with Gasteiger partial charge >= 0.3 is 0 Å². The number of rotatable bonds is 5. The van der Waals surface area contributed by atoms with Crippen molar-refractivity contribution in [3.8, 4) is 5.69 Å². The smallest absolute Gasteiger partial charge is 0.0649 e. The van der Waals surface area contributed by atoms with E-state index in [1.165, 1.54) is 88.6 Å². The summed E-state index contributed by atoms with van der Waals surface area (Å²) in [7, 11) is 0. The molecule has 6 aromatic carbocycles. The molecule has 4 nitrogen and oxygen atoms in total. The van der Waals surface area contributed by atoms with Crippen LogP contribution in [-0.2, 0) is 5.54 Å². The molecular weight excluding hydrogens is 717 g/mol. The second kappa shape index (κ2) is 13.1. The van der Waals surface area contributed by atoms with E-state index < -0.39 is 0 Å². The minimum atomic E-state index is -0.323. The number of allylic oxidation sites excluding steroid dienone is 7. The van der Waals surface area contributed by atoms with E-state index in [0.717, 1.165) is 12.8 Å². The van der Waals surface area contributed by atoms with Gasteiger partial charge in [-0.2, -0.15) is 0 Å². The maximum atomic E-state index is 4.85. The molecule has 4 heteroatoms. The number of anilines is 2. The minimum absolute atomic E-state index is 0.199. The van der Waals surface area contributed by atoms with E-state index in [-0.39, 0.29) is 11.6 Å². The van der Waals surface area contributed by atoms with Gasteiger partial charge in [-0.25, -0.2) is 0 Å². The third-order valence-electron chi connectivity index (χ3n) is 13.4. The molecule has 0 N–H and O–H groups in total. The van der Waals surface area contributed by atoms with Crippen LogP contribution in [0, 0.1) is 5.92 Å². The Hall–Kier alpha value is -6.91. The van der Waals surface area contributed by atoms with Gasteiger partial charge in [0.15, 0.2) is 0 Å². The molecule has 8 aromatic rings. The molecule has 0 radical (unpaired) electrons. The van der Waals surface area contributed by atoms with Crippen LogP contribution in [0.4, 0.5) is 11.4 Å². The molecule has 4 heterocycles. The van der Waals surface area contributed by atoms with Crippen LogP contribution in [-0.4, -0.2) is 20.9 Å². The van der Waals surface area contributed by atoms with E-state index >= 15 is 0 Å². The van der Waals surface area contributed by atoms with Gasteiger partial charge in [0.1, 0.15) is 0 Å². The van der Waals surface area contributed by atoms with Crippen molar-refractivity contribution in [3.63, 3.8) is 0 Å². The number of nitrogens with zero attached hydrogens (tertiary/aromatic N) is 4. The van der Waals surface area contributed by atoms with Crippen LogP contribution in [0.25, 0.3) is 54.9 Å². The largest absolute Gasteiger partial charge is 0.333 e. The first-order valence-corrected chi connectivity index (χ1v) is 21.1. The quantitative estimate of drug-likeness (QED) is 0.172. The number of para-hydroxylation sites is 4. The maximum absolute atomic E-state index is 4.85. The van der Waals surface area contributed by atoms with Crippen LogP contribution < -0.4 is 4.90 Å². The molecule has 284 valence electrons. The second-order valence-electron chi connectivity index (χ2n) is 17.0. The van der Waals surface area contributed by atoms with Crippen molar-refractivity contribution in [1.29, 1.82) is 0 Å². The summed E-state index contributed by atoms with van der Waals surface area (Å²) in [5, 5.41) is 5.10. The summed E-state index contributed by atoms with van der Waals surface area (Å²) in [5.41, 5.74) is 14.6. The Morgan fingerprint density at radius 3 is 2.10 bits per heavy atom. The van der Waals surface area contributed by atoms with Gasteiger partial charge in [0.2, 0.25) is 0 Å². The van der Waals surface area contributed by atoms with Crippen LogP contribution in [0.5, 0.6) is 0 Å². The summed E-state index contributed by atoms with van der Waals surface area (Å²) in [6.45, 7) is 4.69. The summed E-state index contributed by atoms with van der Waals surface area (Å²) in [5.74, 6) is 0.698. The van der Waals surface area contributed by atoms with Crippen LogP contribution in [0.1, 0.15) is 49.3 Å². The molecule has 2 aliphatic carbocycles. The summed E-state index contributed by atoms with van der Waals surface area (Å²) in [6, 6.07) is 50.1. The van der Waals surface area contributed by atoms with E-state index in [2.05, 4.69) is 210 Å². The fourth-order valence-corrected chi connectivity index (χ4v) is 10.7. The lowest BCUT2D eigenvalue weighted by Gasteiger charge is -2.34. The Labute approximate surface area is 344 Å². The lowest BCUT2D eigenvalue weighted by molar-refractivity contribution is 0.444. The lowest BCUT2D eigenvalue weighted by Crippen LogP contribution is -2.30. The number of fused-ring (bicyclic) bond motifs is 9. The molecule has 4 atom stereocenters. The molecule has 4 unspecified atom stereocenters. The molecule has 0 saturated carbocycles. The van der Waals surface area contributed by atoms with Crippen molar-refractivity contribution in [2.45, 2.75) is 44.2 Å². The molecule has 59 heavy (non-hydrogen) atoms. The average molecular weight is 761 g/mol. The summed E-state index contributed by atoms with van der Waals surface area (Å²) >= 11 is 0. The standard InChI is InChI=1S/C55H44N4/c1-36-15-14-30-56-54(36)37-27-28-53-47(33-37)46-21-7-12-26-52(46)59(53)55(2)29-13-16-38(35-55)39-31-40(57-48-22-8-3-17-42(48)43-18-4-9-23-49(43)57)34-41(32-39)58-50-24-10-5-19-44(50)45-20-6-11-25-51(45)58/h3-14,16-34,36,42,48H,15,35H2,1-2H3. The number of hydrogen-bond donors (Lipinski definition) is 0. The van der Waals surface area contributed by atoms with Crippen molar-refractivity contribution in [2.24, 2.45) is 10.9 Å². The molecule has 0 bridgehead atoms. The Morgan fingerprint density at radius 1 is 0.627 bits per heavy atom. The van der Waals surface area contributed by atoms with Gasteiger partial charge in [0.25, 0.3) is 0 Å². The van der Waals surface area contributed by atoms with Gasteiger partial charge in [-0.1, -0.05) is 134 Å². The van der Waals surface area contributed by atoms with Gasteiger partial charge in [0, 0.05) is 67.7 Å². The van der Waals surface area contributed by atoms with Crippen molar-refractivity contribution in [1.82, 2.24) is 9.13 Å². The zero-order valence-electron chi connectivity index (χ0n) is 33.3. The summed E-state index contributed by atoms with van der Waals surface area (Å²) < 4.78 is 5.07. The highest BCUT2D eigenvalue weighted by atomic mass is 15.2. The first-order chi connectivity index (χ1) is 29.0. The molecule has 2 aromatic heterocycles. The normalized spacial score (nSPS) is 22.1.